The van der Waals surface area contributed by atoms with Crippen LogP contribution < -0.4 is 15.5 Å². The normalized spacial score (nSPS) is 16.9. The zero-order chi connectivity index (χ0) is 30.4. The van der Waals surface area contributed by atoms with E-state index in [1.54, 1.807) is 48.2 Å². The molecule has 2 aliphatic heterocycles. The number of hydrogen-bond donors (Lipinski definition) is 3. The third-order valence-electron chi connectivity index (χ3n) is 8.11. The molecular formula is C32H36F4N4O2. The number of anilines is 4. The minimum Gasteiger partial charge on any atom is -0.506 e. The van der Waals surface area contributed by atoms with Gasteiger partial charge in [0.2, 0.25) is 0 Å². The summed E-state index contributed by atoms with van der Waals surface area (Å²) < 4.78 is 57.4. The zero-order valence-corrected chi connectivity index (χ0v) is 24.2. The lowest BCUT2D eigenvalue weighted by Gasteiger charge is -2.42. The Morgan fingerprint density at radius 3 is 2.33 bits per heavy atom. The number of carbonyl (C=O) groups excluding carboxylic acids is 1. The minimum atomic E-state index is -4.61. The van der Waals surface area contributed by atoms with Crippen LogP contribution in [0.3, 0.4) is 0 Å². The highest BCUT2D eigenvalue weighted by molar-refractivity contribution is 6.02. The molecule has 1 fully saturated rings. The maximum atomic E-state index is 14.5. The molecule has 224 valence electrons. The second-order valence-corrected chi connectivity index (χ2v) is 12.6. The molecule has 2 heterocycles. The fourth-order valence-electron chi connectivity index (χ4n) is 6.28. The number of phenols is 1. The lowest BCUT2D eigenvalue weighted by molar-refractivity contribution is -0.138. The Labute approximate surface area is 243 Å². The second kappa shape index (κ2) is 10.8. The van der Waals surface area contributed by atoms with Crippen LogP contribution in [0.2, 0.25) is 0 Å². The summed E-state index contributed by atoms with van der Waals surface area (Å²) >= 11 is 0. The predicted octanol–water partition coefficient (Wildman–Crippen LogP) is 8.03. The summed E-state index contributed by atoms with van der Waals surface area (Å²) in [6, 6.07) is 12.6. The molecule has 3 N–H and O–H groups in total. The average molecular weight is 585 g/mol. The first kappa shape index (κ1) is 29.7. The van der Waals surface area contributed by atoms with E-state index in [9.17, 15) is 27.5 Å². The molecule has 0 atom stereocenters. The lowest BCUT2D eigenvalue weighted by Crippen LogP contribution is -2.47. The van der Waals surface area contributed by atoms with Crippen molar-refractivity contribution in [3.8, 4) is 5.75 Å². The summed E-state index contributed by atoms with van der Waals surface area (Å²) in [5.74, 6) is -0.710. The van der Waals surface area contributed by atoms with Gasteiger partial charge in [-0.05, 0) is 85.8 Å². The summed E-state index contributed by atoms with van der Waals surface area (Å²) in [5.41, 5.74) is 0.177. The molecule has 1 saturated heterocycles. The SMILES string of the molecule is Cc1ccc(NC(=O)Nc2ccccc2N2CC3(CCN(CC(C)(C)C)CC3)c3c(C(F)(F)F)ccc(O)c32)cc1F. The second-order valence-electron chi connectivity index (χ2n) is 12.6. The number of alkyl halides is 3. The van der Waals surface area contributed by atoms with Crippen LogP contribution in [0.5, 0.6) is 5.75 Å². The van der Waals surface area contributed by atoms with Crippen molar-refractivity contribution in [3.05, 3.63) is 77.1 Å². The third-order valence-corrected chi connectivity index (χ3v) is 8.11. The number of para-hydroxylation sites is 2. The van der Waals surface area contributed by atoms with Gasteiger partial charge >= 0.3 is 12.2 Å². The van der Waals surface area contributed by atoms with Crippen molar-refractivity contribution < 1.29 is 27.5 Å². The maximum absolute atomic E-state index is 14.5. The molecule has 0 radical (unpaired) electrons. The van der Waals surface area contributed by atoms with E-state index in [1.165, 1.54) is 6.07 Å². The molecule has 0 unspecified atom stereocenters. The van der Waals surface area contributed by atoms with E-state index < -0.39 is 29.0 Å². The van der Waals surface area contributed by atoms with Crippen molar-refractivity contribution in [2.24, 2.45) is 5.41 Å². The Morgan fingerprint density at radius 1 is 1.00 bits per heavy atom. The Kier molecular flexibility index (Phi) is 7.64. The molecule has 2 aliphatic rings. The van der Waals surface area contributed by atoms with Crippen LogP contribution in [0, 0.1) is 18.2 Å². The zero-order valence-electron chi connectivity index (χ0n) is 24.2. The Balaban J connectivity index is 1.51. The van der Waals surface area contributed by atoms with Gasteiger partial charge in [0.1, 0.15) is 11.6 Å². The molecule has 3 aromatic rings. The highest BCUT2D eigenvalue weighted by Gasteiger charge is 2.52. The minimum absolute atomic E-state index is 0.0506. The van der Waals surface area contributed by atoms with Gasteiger partial charge < -0.3 is 25.5 Å². The molecule has 3 aromatic carbocycles. The number of carbonyl (C=O) groups is 1. The van der Waals surface area contributed by atoms with Gasteiger partial charge in [-0.3, -0.25) is 0 Å². The van der Waals surface area contributed by atoms with Crippen molar-refractivity contribution >= 4 is 28.8 Å². The highest BCUT2D eigenvalue weighted by atomic mass is 19.4. The van der Waals surface area contributed by atoms with Crippen LogP contribution >= 0.6 is 0 Å². The molecule has 0 aliphatic carbocycles. The highest BCUT2D eigenvalue weighted by Crippen LogP contribution is 2.57. The standard InChI is InChI=1S/C32H36F4N4O2/c1-20-9-10-21(17-23(20)33)37-29(42)38-24-7-5-6-8-25(24)40-19-31(13-15-39(16-14-31)18-30(2,3)4)27-22(32(34,35)36)11-12-26(41)28(27)40/h5-12,17,41H,13-16,18-19H2,1-4H3,(H2,37,38,42). The first-order valence-electron chi connectivity index (χ1n) is 14.0. The van der Waals surface area contributed by atoms with Crippen molar-refractivity contribution in [1.29, 1.82) is 0 Å². The van der Waals surface area contributed by atoms with Crippen LogP contribution in [0.1, 0.15) is 50.3 Å². The topological polar surface area (TPSA) is 67.8 Å². The van der Waals surface area contributed by atoms with Crippen molar-refractivity contribution in [3.63, 3.8) is 0 Å². The molecule has 10 heteroatoms. The Hall–Kier alpha value is -3.79. The molecule has 5 rings (SSSR count). The van der Waals surface area contributed by atoms with E-state index in [0.717, 1.165) is 18.7 Å². The first-order valence-corrected chi connectivity index (χ1v) is 14.0. The largest absolute Gasteiger partial charge is 0.506 e. The molecule has 0 aromatic heterocycles. The number of phenolic OH excluding ortho intramolecular Hbond substituents is 1. The number of piperidine rings is 1. The van der Waals surface area contributed by atoms with E-state index in [4.69, 9.17) is 0 Å². The number of urea groups is 1. The van der Waals surface area contributed by atoms with E-state index >= 15 is 0 Å². The smallest absolute Gasteiger partial charge is 0.416 e. The number of nitrogens with one attached hydrogen (secondary N) is 2. The van der Waals surface area contributed by atoms with Crippen LogP contribution in [-0.4, -0.2) is 42.2 Å². The van der Waals surface area contributed by atoms with Crippen LogP contribution in [0.25, 0.3) is 0 Å². The molecule has 0 bridgehead atoms. The Bertz CT molecular complexity index is 1490. The van der Waals surface area contributed by atoms with Gasteiger partial charge in [0.15, 0.2) is 0 Å². The third kappa shape index (κ3) is 5.90. The Morgan fingerprint density at radius 2 is 1.69 bits per heavy atom. The van der Waals surface area contributed by atoms with Gasteiger partial charge in [0.05, 0.1) is 22.6 Å². The van der Waals surface area contributed by atoms with Crippen molar-refractivity contribution in [2.75, 3.05) is 41.7 Å². The van der Waals surface area contributed by atoms with E-state index in [1.807, 2.05) is 0 Å². The summed E-state index contributed by atoms with van der Waals surface area (Å²) in [6.45, 7) is 10.3. The molecule has 0 saturated carbocycles. The average Bonchev–Trinajstić information content (AvgIpc) is 3.22. The lowest BCUT2D eigenvalue weighted by atomic mass is 9.72. The van der Waals surface area contributed by atoms with Gasteiger partial charge in [-0.1, -0.05) is 39.0 Å². The summed E-state index contributed by atoms with van der Waals surface area (Å²) in [7, 11) is 0. The predicted molar refractivity (Wildman–Crippen MR) is 157 cm³/mol. The van der Waals surface area contributed by atoms with Gasteiger partial charge in [-0.2, -0.15) is 13.2 Å². The molecule has 42 heavy (non-hydrogen) atoms. The number of likely N-dealkylation sites (tertiary alicyclic amines) is 1. The molecular weight excluding hydrogens is 548 g/mol. The number of aromatic hydroxyl groups is 1. The molecule has 1 spiro atoms. The van der Waals surface area contributed by atoms with Gasteiger partial charge in [-0.15, -0.1) is 0 Å². The van der Waals surface area contributed by atoms with E-state index in [-0.39, 0.29) is 34.6 Å². The number of hydrogen-bond acceptors (Lipinski definition) is 4. The number of rotatable bonds is 4. The number of aryl methyl sites for hydroxylation is 1. The van der Waals surface area contributed by atoms with Gasteiger partial charge in [-0.25, -0.2) is 9.18 Å². The number of amides is 2. The number of halogens is 4. The summed E-state index contributed by atoms with van der Waals surface area (Å²) in [4.78, 5) is 16.9. The number of benzene rings is 3. The van der Waals surface area contributed by atoms with E-state index in [2.05, 4.69) is 36.3 Å². The first-order chi connectivity index (χ1) is 19.7. The number of fused-ring (bicyclic) bond motifs is 2. The molecule has 6 nitrogen and oxygen atoms in total. The van der Waals surface area contributed by atoms with Crippen LogP contribution in [-0.2, 0) is 11.6 Å². The van der Waals surface area contributed by atoms with Crippen LogP contribution in [0.4, 0.5) is 45.1 Å². The maximum Gasteiger partial charge on any atom is 0.416 e. The quantitative estimate of drug-likeness (QED) is 0.272. The number of nitrogens with zero attached hydrogens (tertiary/aromatic N) is 2. The fraction of sp³-hybridized carbons (Fsp3) is 0.406. The van der Waals surface area contributed by atoms with Crippen LogP contribution in [0.15, 0.2) is 54.6 Å². The van der Waals surface area contributed by atoms with Crippen molar-refractivity contribution in [2.45, 2.75) is 52.1 Å². The molecule has 2 amide bonds. The van der Waals surface area contributed by atoms with Gasteiger partial charge in [0.25, 0.3) is 0 Å². The fourth-order valence-corrected chi connectivity index (χ4v) is 6.28. The summed E-state index contributed by atoms with van der Waals surface area (Å²) in [6.07, 6.45) is -3.62. The van der Waals surface area contributed by atoms with E-state index in [0.29, 0.717) is 42.9 Å². The monoisotopic (exact) mass is 584 g/mol. The summed E-state index contributed by atoms with van der Waals surface area (Å²) in [5, 5.41) is 16.4. The van der Waals surface area contributed by atoms with Gasteiger partial charge in [0, 0.05) is 24.2 Å². The van der Waals surface area contributed by atoms with Crippen molar-refractivity contribution in [1.82, 2.24) is 4.90 Å².